The van der Waals surface area contributed by atoms with E-state index in [1.165, 1.54) is 11.8 Å². The van der Waals surface area contributed by atoms with Crippen LogP contribution in [0.15, 0.2) is 18.2 Å². The van der Waals surface area contributed by atoms with Crippen LogP contribution in [0.5, 0.6) is 0 Å². The van der Waals surface area contributed by atoms with Gasteiger partial charge in [0.15, 0.2) is 0 Å². The molecule has 0 aromatic heterocycles. The van der Waals surface area contributed by atoms with Crippen LogP contribution in [0.1, 0.15) is 16.7 Å². The van der Waals surface area contributed by atoms with E-state index >= 15 is 0 Å². The van der Waals surface area contributed by atoms with E-state index in [2.05, 4.69) is 0 Å². The summed E-state index contributed by atoms with van der Waals surface area (Å²) in [7, 11) is 0. The Morgan fingerprint density at radius 1 is 1.47 bits per heavy atom. The van der Waals surface area contributed by atoms with Gasteiger partial charge in [0.25, 0.3) is 0 Å². The molecule has 0 aliphatic heterocycles. The fraction of sp³-hybridized carbons (Fsp3) is 0.273. The molecule has 0 unspecified atom stereocenters. The monoisotopic (exact) mass is 240 g/mol. The maximum atomic E-state index is 10.4. The molecule has 1 aromatic carbocycles. The van der Waals surface area contributed by atoms with Crippen LogP contribution in [0.25, 0.3) is 0 Å². The highest BCUT2D eigenvalue weighted by Gasteiger charge is 2.07. The van der Waals surface area contributed by atoms with Gasteiger partial charge in [0, 0.05) is 5.56 Å². The normalized spacial score (nSPS) is 10.0. The zero-order chi connectivity index (χ0) is 11.4. The van der Waals surface area contributed by atoms with Crippen molar-refractivity contribution in [2.24, 2.45) is 0 Å². The third-order valence-corrected chi connectivity index (χ3v) is 3.39. The summed E-state index contributed by atoms with van der Waals surface area (Å²) in [5.74, 6) is -0.820. The number of thiocarbonyl (C=S) groups is 1. The van der Waals surface area contributed by atoms with Crippen molar-refractivity contribution in [2.45, 2.75) is 13.8 Å². The van der Waals surface area contributed by atoms with Gasteiger partial charge in [0.1, 0.15) is 0 Å². The van der Waals surface area contributed by atoms with Gasteiger partial charge in [-0.05, 0) is 25.5 Å². The number of hydrogen-bond acceptors (Lipinski definition) is 3. The number of aliphatic carboxylic acids is 1. The van der Waals surface area contributed by atoms with Gasteiger partial charge in [-0.15, -0.1) is 11.8 Å². The van der Waals surface area contributed by atoms with E-state index in [1.54, 1.807) is 0 Å². The first-order valence-corrected chi connectivity index (χ1v) is 5.86. The molecule has 1 N–H and O–H groups in total. The minimum absolute atomic E-state index is 0.0201. The molecule has 1 aromatic rings. The number of carbonyl (C=O) groups is 1. The van der Waals surface area contributed by atoms with E-state index in [0.29, 0.717) is 4.20 Å². The largest absolute Gasteiger partial charge is 0.481 e. The van der Waals surface area contributed by atoms with Crippen molar-refractivity contribution in [2.75, 3.05) is 5.75 Å². The van der Waals surface area contributed by atoms with E-state index < -0.39 is 5.97 Å². The molecular formula is C11H12O2S2. The highest BCUT2D eigenvalue weighted by molar-refractivity contribution is 8.24. The summed E-state index contributed by atoms with van der Waals surface area (Å²) in [4.78, 5) is 10.4. The molecule has 4 heteroatoms. The first kappa shape index (κ1) is 12.2. The molecule has 0 radical (unpaired) electrons. The SMILES string of the molecule is Cc1ccc(C)c(C(=S)SCC(=O)O)c1. The van der Waals surface area contributed by atoms with Crippen LogP contribution in [0.3, 0.4) is 0 Å². The molecule has 0 aliphatic carbocycles. The van der Waals surface area contributed by atoms with Gasteiger partial charge in [-0.1, -0.05) is 29.9 Å². The van der Waals surface area contributed by atoms with Crippen molar-refractivity contribution in [1.82, 2.24) is 0 Å². The number of rotatable bonds is 3. The number of carboxylic acids is 1. The van der Waals surface area contributed by atoms with Crippen LogP contribution in [-0.4, -0.2) is 21.0 Å². The quantitative estimate of drug-likeness (QED) is 0.824. The number of carboxylic acid groups (broad SMARTS) is 1. The average Bonchev–Trinajstić information content (AvgIpc) is 2.18. The van der Waals surface area contributed by atoms with Gasteiger partial charge in [0.2, 0.25) is 0 Å². The minimum Gasteiger partial charge on any atom is -0.481 e. The molecule has 80 valence electrons. The average molecular weight is 240 g/mol. The molecule has 1 rings (SSSR count). The van der Waals surface area contributed by atoms with Crippen molar-refractivity contribution < 1.29 is 9.90 Å². The Labute approximate surface area is 98.7 Å². The fourth-order valence-electron chi connectivity index (χ4n) is 1.16. The van der Waals surface area contributed by atoms with E-state index in [1.807, 2.05) is 32.0 Å². The lowest BCUT2D eigenvalue weighted by Gasteiger charge is -2.07. The highest BCUT2D eigenvalue weighted by Crippen LogP contribution is 2.19. The Kier molecular flexibility index (Phi) is 4.29. The Balaban J connectivity index is 2.81. The summed E-state index contributed by atoms with van der Waals surface area (Å²) >= 11 is 6.38. The number of aryl methyl sites for hydroxylation is 2. The molecule has 0 fully saturated rings. The highest BCUT2D eigenvalue weighted by atomic mass is 32.2. The predicted molar refractivity (Wildman–Crippen MR) is 67.7 cm³/mol. The predicted octanol–water partition coefficient (Wildman–Crippen LogP) is 2.80. The summed E-state index contributed by atoms with van der Waals surface area (Å²) in [6.45, 7) is 3.97. The molecule has 0 saturated carbocycles. The summed E-state index contributed by atoms with van der Waals surface area (Å²) in [5, 5.41) is 8.55. The molecule has 0 saturated heterocycles. The van der Waals surface area contributed by atoms with Crippen LogP contribution >= 0.6 is 24.0 Å². The van der Waals surface area contributed by atoms with Crippen LogP contribution in [-0.2, 0) is 4.79 Å². The molecule has 0 spiro atoms. The van der Waals surface area contributed by atoms with E-state index in [0.717, 1.165) is 16.7 Å². The van der Waals surface area contributed by atoms with Crippen LogP contribution < -0.4 is 0 Å². The lowest BCUT2D eigenvalue weighted by atomic mass is 10.1. The van der Waals surface area contributed by atoms with Gasteiger partial charge >= 0.3 is 5.97 Å². The third kappa shape index (κ3) is 3.64. The molecule has 15 heavy (non-hydrogen) atoms. The lowest BCUT2D eigenvalue weighted by Crippen LogP contribution is -2.03. The van der Waals surface area contributed by atoms with Crippen molar-refractivity contribution in [3.63, 3.8) is 0 Å². The van der Waals surface area contributed by atoms with Crippen molar-refractivity contribution in [1.29, 1.82) is 0 Å². The van der Waals surface area contributed by atoms with E-state index in [-0.39, 0.29) is 5.75 Å². The van der Waals surface area contributed by atoms with Crippen LogP contribution in [0.4, 0.5) is 0 Å². The zero-order valence-electron chi connectivity index (χ0n) is 8.61. The second kappa shape index (κ2) is 5.28. The van der Waals surface area contributed by atoms with Crippen molar-refractivity contribution >= 4 is 34.1 Å². The summed E-state index contributed by atoms with van der Waals surface area (Å²) < 4.78 is 0.651. The first-order valence-electron chi connectivity index (χ1n) is 4.47. The van der Waals surface area contributed by atoms with Crippen LogP contribution in [0.2, 0.25) is 0 Å². The summed E-state index contributed by atoms with van der Waals surface area (Å²) in [5.41, 5.74) is 3.19. The van der Waals surface area contributed by atoms with Gasteiger partial charge in [0.05, 0.1) is 9.95 Å². The van der Waals surface area contributed by atoms with Gasteiger partial charge in [-0.25, -0.2) is 0 Å². The number of benzene rings is 1. The molecular weight excluding hydrogens is 228 g/mol. The first-order chi connectivity index (χ1) is 7.00. The summed E-state index contributed by atoms with van der Waals surface area (Å²) in [6.07, 6.45) is 0. The number of hydrogen-bond donors (Lipinski definition) is 1. The van der Waals surface area contributed by atoms with E-state index in [4.69, 9.17) is 17.3 Å². The topological polar surface area (TPSA) is 37.3 Å². The van der Waals surface area contributed by atoms with E-state index in [9.17, 15) is 4.79 Å². The molecule has 0 aliphatic rings. The molecule has 0 atom stereocenters. The summed E-state index contributed by atoms with van der Waals surface area (Å²) in [6, 6.07) is 6.01. The Hall–Kier alpha value is -0.870. The van der Waals surface area contributed by atoms with Crippen LogP contribution in [0, 0.1) is 13.8 Å². The lowest BCUT2D eigenvalue weighted by molar-refractivity contribution is -0.133. The van der Waals surface area contributed by atoms with Gasteiger partial charge in [-0.3, -0.25) is 4.79 Å². The van der Waals surface area contributed by atoms with Crippen molar-refractivity contribution in [3.8, 4) is 0 Å². The standard InChI is InChI=1S/C11H12O2S2/c1-7-3-4-8(2)9(5-7)11(14)15-6-10(12)13/h3-5H,6H2,1-2H3,(H,12,13). The molecule has 0 heterocycles. The van der Waals surface area contributed by atoms with Gasteiger partial charge < -0.3 is 5.11 Å². The second-order valence-corrected chi connectivity index (χ2v) is 4.94. The Morgan fingerprint density at radius 3 is 2.73 bits per heavy atom. The third-order valence-electron chi connectivity index (χ3n) is 1.94. The smallest absolute Gasteiger partial charge is 0.313 e. The van der Waals surface area contributed by atoms with Crippen molar-refractivity contribution in [3.05, 3.63) is 34.9 Å². The maximum Gasteiger partial charge on any atom is 0.313 e. The molecule has 0 amide bonds. The number of thioether (sulfide) groups is 1. The Bertz CT molecular complexity index is 400. The molecule has 0 bridgehead atoms. The fourth-order valence-corrected chi connectivity index (χ4v) is 2.19. The Morgan fingerprint density at radius 2 is 2.13 bits per heavy atom. The minimum atomic E-state index is -0.840. The molecule has 2 nitrogen and oxygen atoms in total. The zero-order valence-corrected chi connectivity index (χ0v) is 10.2. The second-order valence-electron chi connectivity index (χ2n) is 3.29. The maximum absolute atomic E-state index is 10.4. The van der Waals surface area contributed by atoms with Gasteiger partial charge in [-0.2, -0.15) is 0 Å².